The first-order chi connectivity index (χ1) is 24.0. The standard InChI is InChI=1S/C34H52N4O14/c1-15-27(41)37-33(25-23(47-31(7,8)51-25)21(49-33)17-13-43-29(3,4)45-17)12-20(40)36-16(2)28(42)38-34(11-19(39)35-15)26-24(48-32(9,10)52-26)22(50-34)18-14-44-30(5,6)46-18/h15-18,21-26H,11-14H2,1-10H3,(H,35,39)(H,36,40)(H,37,41)(H,38,42)/t15-,16-,17+,18+,21-,22-,23+,24+,25+,26+,33+,34+/m0/s1. The van der Waals surface area contributed by atoms with Crippen molar-refractivity contribution >= 4 is 23.6 Å². The van der Waals surface area contributed by atoms with E-state index in [0.29, 0.717) is 0 Å². The average Bonchev–Trinajstić information content (AvgIpc) is 3.82. The summed E-state index contributed by atoms with van der Waals surface area (Å²) in [6.07, 6.45) is -7.32. The summed E-state index contributed by atoms with van der Waals surface area (Å²) in [4.78, 5) is 55.8. The van der Waals surface area contributed by atoms with Gasteiger partial charge in [-0.1, -0.05) is 0 Å². The molecule has 0 bridgehead atoms. The van der Waals surface area contributed by atoms with Crippen LogP contribution in [0.4, 0.5) is 0 Å². The SMILES string of the molecule is C[C@@H]1NC(=O)C[C@@]2(NC(=O)[C@H](C)NC(=O)C[C@@]3(NC1=O)O[C@@H]([C@H]1COC(C)(C)O1)[C@H]1OC(C)(C)O[C@H]13)O[C@@H]([C@H]1COC(C)(C)O1)[C@H]1OC(C)(C)O[C@H]12. The summed E-state index contributed by atoms with van der Waals surface area (Å²) in [5.74, 6) is -6.61. The van der Waals surface area contributed by atoms with Crippen LogP contribution in [0.1, 0.15) is 82.1 Å². The highest BCUT2D eigenvalue weighted by Gasteiger charge is 2.68. The van der Waals surface area contributed by atoms with E-state index in [4.69, 9.17) is 47.4 Å². The fraction of sp³-hybridized carbons (Fsp3) is 0.882. The van der Waals surface area contributed by atoms with E-state index >= 15 is 0 Å². The maximum atomic E-state index is 14.0. The third kappa shape index (κ3) is 6.95. The van der Waals surface area contributed by atoms with Crippen molar-refractivity contribution in [3.63, 3.8) is 0 Å². The number of hydrogen-bond acceptors (Lipinski definition) is 14. The fourth-order valence-electron chi connectivity index (χ4n) is 8.26. The van der Waals surface area contributed by atoms with E-state index in [1.807, 2.05) is 0 Å². The lowest BCUT2D eigenvalue weighted by molar-refractivity contribution is -0.234. The fourth-order valence-corrected chi connectivity index (χ4v) is 8.26. The molecule has 2 spiro atoms. The van der Waals surface area contributed by atoms with E-state index in [9.17, 15) is 19.2 Å². The minimum absolute atomic E-state index is 0.167. The summed E-state index contributed by atoms with van der Waals surface area (Å²) in [5.41, 5.74) is -3.57. The number of fused-ring (bicyclic) bond motifs is 4. The van der Waals surface area contributed by atoms with E-state index in [-0.39, 0.29) is 13.2 Å². The summed E-state index contributed by atoms with van der Waals surface area (Å²) in [6.45, 7) is 17.3. The van der Waals surface area contributed by atoms with Crippen LogP contribution in [-0.4, -0.2) is 132 Å². The lowest BCUT2D eigenvalue weighted by Crippen LogP contribution is -2.65. The van der Waals surface area contributed by atoms with Crippen molar-refractivity contribution in [3.05, 3.63) is 0 Å². The van der Waals surface area contributed by atoms with Crippen molar-refractivity contribution in [3.8, 4) is 0 Å². The van der Waals surface area contributed by atoms with Crippen molar-refractivity contribution in [1.29, 1.82) is 0 Å². The smallest absolute Gasteiger partial charge is 0.244 e. The Balaban J connectivity index is 1.19. The molecule has 4 amide bonds. The van der Waals surface area contributed by atoms with E-state index in [1.165, 1.54) is 13.8 Å². The van der Waals surface area contributed by atoms with Crippen LogP contribution in [0.5, 0.6) is 0 Å². The molecule has 292 valence electrons. The Morgan fingerprint density at radius 2 is 0.846 bits per heavy atom. The van der Waals surface area contributed by atoms with Gasteiger partial charge in [-0.25, -0.2) is 0 Å². The third-order valence-electron chi connectivity index (χ3n) is 10.4. The highest BCUT2D eigenvalue weighted by Crippen LogP contribution is 2.49. The maximum absolute atomic E-state index is 14.0. The Bertz CT molecular complexity index is 1380. The summed E-state index contributed by atoms with van der Waals surface area (Å²) < 4.78 is 62.1. The van der Waals surface area contributed by atoms with Gasteiger partial charge in [-0.3, -0.25) is 19.2 Å². The van der Waals surface area contributed by atoms with Crippen molar-refractivity contribution in [2.24, 2.45) is 0 Å². The second-order valence-corrected chi connectivity index (χ2v) is 16.6. The lowest BCUT2D eigenvalue weighted by atomic mass is 9.95. The molecule has 4 N–H and O–H groups in total. The summed E-state index contributed by atoms with van der Waals surface area (Å²) in [6, 6.07) is -2.30. The predicted molar refractivity (Wildman–Crippen MR) is 173 cm³/mol. The van der Waals surface area contributed by atoms with Crippen LogP contribution in [0, 0.1) is 0 Å². The van der Waals surface area contributed by atoms with Gasteiger partial charge in [-0.2, -0.15) is 0 Å². The molecule has 0 aromatic carbocycles. The molecule has 0 saturated carbocycles. The summed E-state index contributed by atoms with van der Waals surface area (Å²) >= 11 is 0. The van der Waals surface area contributed by atoms with E-state index < -0.39 is 132 Å². The minimum Gasteiger partial charge on any atom is -0.348 e. The molecule has 52 heavy (non-hydrogen) atoms. The van der Waals surface area contributed by atoms with Gasteiger partial charge in [0.25, 0.3) is 0 Å². The Hall–Kier alpha value is -2.52. The van der Waals surface area contributed by atoms with Gasteiger partial charge in [0.1, 0.15) is 60.9 Å². The van der Waals surface area contributed by atoms with Gasteiger partial charge in [-0.05, 0) is 69.2 Å². The van der Waals surface area contributed by atoms with Crippen molar-refractivity contribution in [2.45, 2.75) is 178 Å². The van der Waals surface area contributed by atoms with E-state index in [0.717, 1.165) is 0 Å². The van der Waals surface area contributed by atoms with E-state index in [2.05, 4.69) is 21.3 Å². The first kappa shape index (κ1) is 37.8. The van der Waals surface area contributed by atoms with E-state index in [1.54, 1.807) is 55.4 Å². The van der Waals surface area contributed by atoms with Crippen molar-refractivity contribution < 1.29 is 66.5 Å². The number of hydrogen-bond donors (Lipinski definition) is 4. The largest absolute Gasteiger partial charge is 0.348 e. The van der Waals surface area contributed by atoms with Crippen LogP contribution in [-0.2, 0) is 66.5 Å². The first-order valence-corrected chi connectivity index (χ1v) is 17.9. The van der Waals surface area contributed by atoms with Crippen molar-refractivity contribution in [1.82, 2.24) is 21.3 Å². The minimum atomic E-state index is -1.78. The molecule has 0 aromatic rings. The van der Waals surface area contributed by atoms with Gasteiger partial charge in [0.15, 0.2) is 34.6 Å². The quantitative estimate of drug-likeness (QED) is 0.283. The molecule has 12 atom stereocenters. The molecular weight excluding hydrogens is 688 g/mol. The predicted octanol–water partition coefficient (Wildman–Crippen LogP) is -0.445. The molecule has 7 fully saturated rings. The van der Waals surface area contributed by atoms with Crippen LogP contribution >= 0.6 is 0 Å². The second-order valence-electron chi connectivity index (χ2n) is 16.6. The Morgan fingerprint density at radius 1 is 0.481 bits per heavy atom. The van der Waals surface area contributed by atoms with Crippen LogP contribution in [0.3, 0.4) is 0 Å². The second kappa shape index (κ2) is 12.5. The van der Waals surface area contributed by atoms with Gasteiger partial charge < -0.3 is 68.6 Å². The highest BCUT2D eigenvalue weighted by molar-refractivity contribution is 5.91. The van der Waals surface area contributed by atoms with Gasteiger partial charge in [0, 0.05) is 0 Å². The molecule has 7 aliphatic rings. The Labute approximate surface area is 302 Å². The number of nitrogens with one attached hydrogen (secondary N) is 4. The van der Waals surface area contributed by atoms with Gasteiger partial charge in [0.2, 0.25) is 23.6 Å². The number of carbonyl (C=O) groups excluding carboxylic acids is 4. The summed E-state index contributed by atoms with van der Waals surface area (Å²) in [7, 11) is 0. The molecule has 7 saturated heterocycles. The molecule has 7 rings (SSSR count). The van der Waals surface area contributed by atoms with Crippen LogP contribution in [0.25, 0.3) is 0 Å². The van der Waals surface area contributed by atoms with Crippen molar-refractivity contribution in [2.75, 3.05) is 13.2 Å². The monoisotopic (exact) mass is 740 g/mol. The zero-order chi connectivity index (χ0) is 37.8. The molecule has 18 heteroatoms. The third-order valence-corrected chi connectivity index (χ3v) is 10.4. The zero-order valence-electron chi connectivity index (χ0n) is 31.3. The summed E-state index contributed by atoms with van der Waals surface area (Å²) in [5, 5.41) is 11.2. The van der Waals surface area contributed by atoms with Crippen LogP contribution in [0.15, 0.2) is 0 Å². The number of rotatable bonds is 2. The molecule has 0 radical (unpaired) electrons. The number of carbonyl (C=O) groups is 4. The molecule has 7 heterocycles. The van der Waals surface area contributed by atoms with Crippen LogP contribution < -0.4 is 21.3 Å². The highest BCUT2D eigenvalue weighted by atomic mass is 16.8. The Morgan fingerprint density at radius 3 is 1.17 bits per heavy atom. The normalized spacial score (nSPS) is 46.7. The van der Waals surface area contributed by atoms with Gasteiger partial charge in [-0.15, -0.1) is 0 Å². The molecule has 0 aliphatic carbocycles. The lowest BCUT2D eigenvalue weighted by Gasteiger charge is -2.38. The molecule has 0 unspecified atom stereocenters. The molecule has 7 aliphatic heterocycles. The Kier molecular flexibility index (Phi) is 9.09. The maximum Gasteiger partial charge on any atom is 0.244 e. The number of ether oxygens (including phenoxy) is 10. The molecule has 0 aromatic heterocycles. The zero-order valence-corrected chi connectivity index (χ0v) is 31.3. The molecule has 18 nitrogen and oxygen atoms in total. The van der Waals surface area contributed by atoms with Gasteiger partial charge in [0.05, 0.1) is 26.1 Å². The van der Waals surface area contributed by atoms with Crippen LogP contribution in [0.2, 0.25) is 0 Å². The number of amides is 4. The molecular formula is C34H52N4O14. The first-order valence-electron chi connectivity index (χ1n) is 17.9. The topological polar surface area (TPSA) is 209 Å². The van der Waals surface area contributed by atoms with Gasteiger partial charge >= 0.3 is 0 Å². The average molecular weight is 741 g/mol.